The zero-order valence-electron chi connectivity index (χ0n) is 5.40. The maximum atomic E-state index is 11.9. The van der Waals surface area contributed by atoms with Crippen LogP contribution in [0.25, 0.3) is 0 Å². The quantitative estimate of drug-likeness (QED) is 0.633. The van der Waals surface area contributed by atoms with Crippen molar-refractivity contribution in [2.24, 2.45) is 0 Å². The van der Waals surface area contributed by atoms with E-state index in [0.29, 0.717) is 0 Å². The van der Waals surface area contributed by atoms with Crippen molar-refractivity contribution in [1.82, 2.24) is 0 Å². The van der Waals surface area contributed by atoms with E-state index in [0.717, 1.165) is 0 Å². The zero-order chi connectivity index (χ0) is 7.49. The van der Waals surface area contributed by atoms with Crippen LogP contribution in [0.4, 0.5) is 8.78 Å². The summed E-state index contributed by atoms with van der Waals surface area (Å²) in [5.74, 6) is 0. The highest BCUT2D eigenvalue weighted by molar-refractivity contribution is 4.49. The number of ether oxygens (including phenoxy) is 1. The van der Waals surface area contributed by atoms with Gasteiger partial charge in [-0.2, -0.15) is 8.78 Å². The second-order valence-electron chi connectivity index (χ2n) is 1.96. The lowest BCUT2D eigenvalue weighted by Crippen LogP contribution is -2.28. The first-order valence-corrected chi connectivity index (χ1v) is 2.64. The summed E-state index contributed by atoms with van der Waals surface area (Å²) in [6, 6.07) is 0. The fraction of sp³-hybridized carbons (Fsp3) is 1.00. The predicted octanol–water partition coefficient (Wildman–Crippen LogP) is 0.996. The number of halogens is 2. The van der Waals surface area contributed by atoms with E-state index in [1.54, 1.807) is 0 Å². The number of hydrogen-bond donors (Lipinski definition) is 1. The SMILES string of the molecule is CC(C)OC(F)(F)CO. The zero-order valence-corrected chi connectivity index (χ0v) is 5.40. The van der Waals surface area contributed by atoms with Crippen molar-refractivity contribution >= 4 is 0 Å². The molecule has 0 saturated carbocycles. The van der Waals surface area contributed by atoms with Crippen molar-refractivity contribution in [2.45, 2.75) is 26.1 Å². The van der Waals surface area contributed by atoms with Crippen LogP contribution in [0.2, 0.25) is 0 Å². The van der Waals surface area contributed by atoms with Crippen molar-refractivity contribution in [3.05, 3.63) is 0 Å². The molecule has 0 atom stereocenters. The summed E-state index contributed by atoms with van der Waals surface area (Å²) in [6.45, 7) is 1.69. The van der Waals surface area contributed by atoms with Gasteiger partial charge in [0.05, 0.1) is 6.10 Å². The summed E-state index contributed by atoms with van der Waals surface area (Å²) in [5, 5.41) is 7.97. The van der Waals surface area contributed by atoms with Gasteiger partial charge in [-0.1, -0.05) is 0 Å². The molecule has 0 heterocycles. The third-order valence-corrected chi connectivity index (χ3v) is 0.592. The van der Waals surface area contributed by atoms with Crippen LogP contribution in [0.15, 0.2) is 0 Å². The predicted molar refractivity (Wildman–Crippen MR) is 28.3 cm³/mol. The Morgan fingerprint density at radius 3 is 2.11 bits per heavy atom. The lowest BCUT2D eigenvalue weighted by Gasteiger charge is -2.16. The number of aliphatic hydroxyl groups excluding tert-OH is 1. The first kappa shape index (κ1) is 8.78. The topological polar surface area (TPSA) is 29.5 Å². The van der Waals surface area contributed by atoms with Crippen LogP contribution in [-0.2, 0) is 4.74 Å². The van der Waals surface area contributed by atoms with Crippen LogP contribution < -0.4 is 0 Å². The number of rotatable bonds is 3. The standard InChI is InChI=1S/C5H10F2O2/c1-4(2)9-5(6,7)3-8/h4,8H,3H2,1-2H3. The lowest BCUT2D eigenvalue weighted by molar-refractivity contribution is -0.273. The molecule has 0 bridgehead atoms. The van der Waals surface area contributed by atoms with E-state index in [-0.39, 0.29) is 0 Å². The van der Waals surface area contributed by atoms with Gasteiger partial charge in [0, 0.05) is 0 Å². The second-order valence-corrected chi connectivity index (χ2v) is 1.96. The largest absolute Gasteiger partial charge is 0.387 e. The molecule has 0 unspecified atom stereocenters. The lowest BCUT2D eigenvalue weighted by atomic mass is 10.5. The molecule has 0 aliphatic carbocycles. The van der Waals surface area contributed by atoms with Gasteiger partial charge < -0.3 is 9.84 Å². The molecule has 0 radical (unpaired) electrons. The van der Waals surface area contributed by atoms with Crippen LogP contribution in [0.1, 0.15) is 13.8 Å². The van der Waals surface area contributed by atoms with E-state index in [1.807, 2.05) is 0 Å². The van der Waals surface area contributed by atoms with Crippen molar-refractivity contribution < 1.29 is 18.6 Å². The average molecular weight is 140 g/mol. The Kier molecular flexibility index (Phi) is 3.00. The Labute approximate surface area is 52.4 Å². The fourth-order valence-electron chi connectivity index (χ4n) is 0.382. The van der Waals surface area contributed by atoms with Crippen LogP contribution in [0.3, 0.4) is 0 Å². The third kappa shape index (κ3) is 4.29. The minimum absolute atomic E-state index is 0.563. The summed E-state index contributed by atoms with van der Waals surface area (Å²) >= 11 is 0. The molecule has 0 rings (SSSR count). The Balaban J connectivity index is 3.58. The molecule has 9 heavy (non-hydrogen) atoms. The molecule has 1 N–H and O–H groups in total. The highest BCUT2D eigenvalue weighted by Gasteiger charge is 2.29. The Morgan fingerprint density at radius 2 is 2.00 bits per heavy atom. The summed E-state index contributed by atoms with van der Waals surface area (Å²) in [6.07, 6.45) is -3.94. The highest BCUT2D eigenvalue weighted by atomic mass is 19.3. The van der Waals surface area contributed by atoms with Crippen LogP contribution in [0.5, 0.6) is 0 Å². The van der Waals surface area contributed by atoms with E-state index in [2.05, 4.69) is 4.74 Å². The van der Waals surface area contributed by atoms with Gasteiger partial charge in [-0.05, 0) is 13.8 Å². The van der Waals surface area contributed by atoms with Crippen LogP contribution >= 0.6 is 0 Å². The summed E-state index contributed by atoms with van der Waals surface area (Å²) in [4.78, 5) is 0. The molecule has 0 aromatic carbocycles. The Morgan fingerprint density at radius 1 is 1.56 bits per heavy atom. The molecule has 4 heteroatoms. The van der Waals surface area contributed by atoms with Gasteiger partial charge in [-0.25, -0.2) is 0 Å². The van der Waals surface area contributed by atoms with Crippen LogP contribution in [-0.4, -0.2) is 23.9 Å². The van der Waals surface area contributed by atoms with Crippen molar-refractivity contribution in [3.8, 4) is 0 Å². The normalized spacial score (nSPS) is 12.7. The van der Waals surface area contributed by atoms with Gasteiger partial charge in [-0.15, -0.1) is 0 Å². The summed E-state index contributed by atoms with van der Waals surface area (Å²) < 4.78 is 27.9. The molecule has 0 saturated heterocycles. The van der Waals surface area contributed by atoms with E-state index in [9.17, 15) is 8.78 Å². The first-order chi connectivity index (χ1) is 3.98. The molecule has 56 valence electrons. The van der Waals surface area contributed by atoms with Crippen LogP contribution in [0, 0.1) is 0 Å². The van der Waals surface area contributed by atoms with Gasteiger partial charge in [0.25, 0.3) is 0 Å². The Hall–Kier alpha value is -0.220. The van der Waals surface area contributed by atoms with E-state index >= 15 is 0 Å². The van der Waals surface area contributed by atoms with Crippen molar-refractivity contribution in [2.75, 3.05) is 6.61 Å². The van der Waals surface area contributed by atoms with E-state index in [1.165, 1.54) is 13.8 Å². The van der Waals surface area contributed by atoms with Crippen molar-refractivity contribution in [3.63, 3.8) is 0 Å². The van der Waals surface area contributed by atoms with Gasteiger partial charge in [0.15, 0.2) is 0 Å². The molecule has 2 nitrogen and oxygen atoms in total. The molecule has 0 amide bonds. The number of hydrogen-bond acceptors (Lipinski definition) is 2. The average Bonchev–Trinajstić information content (AvgIpc) is 1.63. The summed E-state index contributed by atoms with van der Waals surface area (Å²) in [5.41, 5.74) is 0. The van der Waals surface area contributed by atoms with Gasteiger partial charge >= 0.3 is 6.11 Å². The van der Waals surface area contributed by atoms with E-state index < -0.39 is 18.8 Å². The molecular formula is C5H10F2O2. The Bertz CT molecular complexity index is 83.0. The molecular weight excluding hydrogens is 130 g/mol. The molecule has 0 aliphatic rings. The maximum Gasteiger partial charge on any atom is 0.378 e. The maximum absolute atomic E-state index is 11.9. The third-order valence-electron chi connectivity index (χ3n) is 0.592. The number of aliphatic hydroxyl groups is 1. The summed E-state index contributed by atoms with van der Waals surface area (Å²) in [7, 11) is 0. The first-order valence-electron chi connectivity index (χ1n) is 2.64. The van der Waals surface area contributed by atoms with Crippen molar-refractivity contribution in [1.29, 1.82) is 0 Å². The van der Waals surface area contributed by atoms with Gasteiger partial charge in [-0.3, -0.25) is 0 Å². The molecule has 0 aliphatic heterocycles. The molecule has 0 aromatic heterocycles. The highest BCUT2D eigenvalue weighted by Crippen LogP contribution is 2.15. The fourth-order valence-corrected chi connectivity index (χ4v) is 0.382. The molecule has 0 aromatic rings. The number of alkyl halides is 2. The molecule has 0 fully saturated rings. The minimum Gasteiger partial charge on any atom is -0.387 e. The van der Waals surface area contributed by atoms with E-state index in [4.69, 9.17) is 5.11 Å². The van der Waals surface area contributed by atoms with Gasteiger partial charge in [0.1, 0.15) is 6.61 Å². The second kappa shape index (κ2) is 3.08. The smallest absolute Gasteiger partial charge is 0.378 e. The molecule has 0 spiro atoms. The van der Waals surface area contributed by atoms with Gasteiger partial charge in [0.2, 0.25) is 0 Å². The monoisotopic (exact) mass is 140 g/mol. The minimum atomic E-state index is -3.38.